The van der Waals surface area contributed by atoms with Gasteiger partial charge in [0.05, 0.1) is 0 Å². The van der Waals surface area contributed by atoms with E-state index in [4.69, 9.17) is 14.2 Å². The van der Waals surface area contributed by atoms with Crippen molar-refractivity contribution in [1.29, 1.82) is 0 Å². The van der Waals surface area contributed by atoms with E-state index in [1.165, 1.54) is 83.5 Å². The summed E-state index contributed by atoms with van der Waals surface area (Å²) in [6, 6.07) is 0. The summed E-state index contributed by atoms with van der Waals surface area (Å²) in [5.41, 5.74) is 0. The van der Waals surface area contributed by atoms with Crippen LogP contribution in [0, 0.1) is 0 Å². The van der Waals surface area contributed by atoms with E-state index >= 15 is 0 Å². The molecule has 6 nitrogen and oxygen atoms in total. The number of hydrogen-bond donors (Lipinski definition) is 0. The number of ether oxygens (including phenoxy) is 3. The van der Waals surface area contributed by atoms with Crippen LogP contribution in [0.5, 0.6) is 0 Å². The van der Waals surface area contributed by atoms with Gasteiger partial charge in [-0.05, 0) is 116 Å². The first-order valence-corrected chi connectivity index (χ1v) is 27.7. The van der Waals surface area contributed by atoms with Crippen molar-refractivity contribution < 1.29 is 28.6 Å². The minimum absolute atomic E-state index is 0.0917. The fourth-order valence-electron chi connectivity index (χ4n) is 7.36. The normalized spacial score (nSPS) is 12.8. The van der Waals surface area contributed by atoms with Crippen molar-refractivity contribution in [3.63, 3.8) is 0 Å². The SMILES string of the molecule is CC/C=C\C/C=C\C/C=C\C/C=C\C/C=C\CCCCCCCCCC(=O)OCC(COC(=O)CCCCCCC/C=C\CCCCC)OC(=O)CCCCCCC/C=C\C/C=C\CCCC. The third-order valence-electron chi connectivity index (χ3n) is 11.5. The van der Waals surface area contributed by atoms with Crippen molar-refractivity contribution in [2.75, 3.05) is 13.2 Å². The molecule has 382 valence electrons. The van der Waals surface area contributed by atoms with E-state index in [9.17, 15) is 14.4 Å². The second-order valence-electron chi connectivity index (χ2n) is 18.1. The van der Waals surface area contributed by atoms with E-state index in [1.54, 1.807) is 0 Å². The van der Waals surface area contributed by atoms with Gasteiger partial charge < -0.3 is 14.2 Å². The van der Waals surface area contributed by atoms with Gasteiger partial charge in [0.15, 0.2) is 6.10 Å². The third-order valence-corrected chi connectivity index (χ3v) is 11.5. The van der Waals surface area contributed by atoms with Crippen LogP contribution in [-0.4, -0.2) is 37.2 Å². The lowest BCUT2D eigenvalue weighted by Gasteiger charge is -2.18. The van der Waals surface area contributed by atoms with Crippen molar-refractivity contribution in [2.24, 2.45) is 0 Å². The van der Waals surface area contributed by atoms with Crippen LogP contribution in [0.25, 0.3) is 0 Å². The minimum atomic E-state index is -0.793. The number of carbonyl (C=O) groups excluding carboxylic acids is 3. The van der Waals surface area contributed by atoms with E-state index < -0.39 is 6.10 Å². The molecule has 0 bridgehead atoms. The van der Waals surface area contributed by atoms with Crippen molar-refractivity contribution in [1.82, 2.24) is 0 Å². The van der Waals surface area contributed by atoms with E-state index in [0.717, 1.165) is 128 Å². The predicted octanol–water partition coefficient (Wildman–Crippen LogP) is 18.5. The minimum Gasteiger partial charge on any atom is -0.462 e. The zero-order valence-corrected chi connectivity index (χ0v) is 43.6. The molecule has 0 saturated carbocycles. The van der Waals surface area contributed by atoms with Gasteiger partial charge in [0.25, 0.3) is 0 Å². The lowest BCUT2D eigenvalue weighted by Crippen LogP contribution is -2.30. The molecule has 0 radical (unpaired) electrons. The van der Waals surface area contributed by atoms with E-state index in [2.05, 4.69) is 118 Å². The number of unbranched alkanes of at least 4 members (excludes halogenated alkanes) is 22. The number of carbonyl (C=O) groups is 3. The highest BCUT2D eigenvalue weighted by molar-refractivity contribution is 5.71. The highest BCUT2D eigenvalue weighted by Crippen LogP contribution is 2.14. The largest absolute Gasteiger partial charge is 0.462 e. The van der Waals surface area contributed by atoms with Crippen molar-refractivity contribution in [2.45, 2.75) is 258 Å². The molecule has 0 N–H and O–H groups in total. The van der Waals surface area contributed by atoms with Crippen LogP contribution in [0.15, 0.2) is 97.2 Å². The molecule has 0 aliphatic heterocycles. The van der Waals surface area contributed by atoms with Crippen molar-refractivity contribution in [3.8, 4) is 0 Å². The molecule has 0 aliphatic rings. The zero-order valence-electron chi connectivity index (χ0n) is 43.6. The van der Waals surface area contributed by atoms with Crippen molar-refractivity contribution >= 4 is 17.9 Å². The average molecular weight is 931 g/mol. The van der Waals surface area contributed by atoms with Crippen LogP contribution in [0.1, 0.15) is 252 Å². The number of hydrogen-bond acceptors (Lipinski definition) is 6. The molecule has 0 aliphatic carbocycles. The van der Waals surface area contributed by atoms with Gasteiger partial charge in [-0.15, -0.1) is 0 Å². The molecular weight excluding hydrogens is 829 g/mol. The maximum absolute atomic E-state index is 12.8. The molecule has 0 saturated heterocycles. The summed E-state index contributed by atoms with van der Waals surface area (Å²) >= 11 is 0. The Morgan fingerprint density at radius 2 is 0.597 bits per heavy atom. The first-order valence-electron chi connectivity index (χ1n) is 27.7. The first-order chi connectivity index (χ1) is 33.0. The van der Waals surface area contributed by atoms with Crippen LogP contribution in [0.2, 0.25) is 0 Å². The Morgan fingerprint density at radius 3 is 0.970 bits per heavy atom. The summed E-state index contributed by atoms with van der Waals surface area (Å²) in [4.78, 5) is 38.1. The van der Waals surface area contributed by atoms with Crippen LogP contribution < -0.4 is 0 Å². The quantitative estimate of drug-likeness (QED) is 0.0262. The summed E-state index contributed by atoms with van der Waals surface area (Å²) in [6.45, 7) is 6.43. The van der Waals surface area contributed by atoms with Gasteiger partial charge in [-0.2, -0.15) is 0 Å². The Morgan fingerprint density at radius 1 is 0.313 bits per heavy atom. The average Bonchev–Trinajstić information content (AvgIpc) is 3.33. The Kier molecular flexibility index (Phi) is 51.9. The Bertz CT molecular complexity index is 1350. The van der Waals surface area contributed by atoms with Crippen LogP contribution in [-0.2, 0) is 28.6 Å². The number of allylic oxidation sites excluding steroid dienone is 16. The van der Waals surface area contributed by atoms with Crippen LogP contribution in [0.4, 0.5) is 0 Å². The van der Waals surface area contributed by atoms with Gasteiger partial charge in [-0.3, -0.25) is 14.4 Å². The molecule has 0 aromatic heterocycles. The molecule has 0 aromatic carbocycles. The predicted molar refractivity (Wildman–Crippen MR) is 288 cm³/mol. The van der Waals surface area contributed by atoms with Gasteiger partial charge in [0.2, 0.25) is 0 Å². The maximum Gasteiger partial charge on any atom is 0.306 e. The fourth-order valence-corrected chi connectivity index (χ4v) is 7.36. The Hall–Kier alpha value is -3.67. The van der Waals surface area contributed by atoms with Gasteiger partial charge in [0, 0.05) is 19.3 Å². The molecule has 0 spiro atoms. The molecule has 0 heterocycles. The van der Waals surface area contributed by atoms with Gasteiger partial charge >= 0.3 is 17.9 Å². The second kappa shape index (κ2) is 54.9. The standard InChI is InChI=1S/C61H102O6/c1-4-7-10-13-16-19-22-25-27-28-29-30-31-32-33-34-35-37-39-42-45-48-51-54-60(63)66-57-58(56-65-59(62)53-50-47-44-41-38-24-21-18-15-12-9-6-3)67-61(64)55-52-49-46-43-40-36-26-23-20-17-14-11-8-5-2/h7,10,14,16-19,21,23,25-27,29-30,32-33,58H,4-6,8-9,11-13,15,20,22,24,28,31,34-57H2,1-3H3/b10-7-,17-14-,19-16-,21-18-,26-23-,27-25-,30-29-,33-32-. The smallest absolute Gasteiger partial charge is 0.306 e. The summed E-state index contributed by atoms with van der Waals surface area (Å²) in [5.74, 6) is -0.926. The summed E-state index contributed by atoms with van der Waals surface area (Å²) < 4.78 is 16.8. The summed E-state index contributed by atoms with van der Waals surface area (Å²) in [5, 5.41) is 0. The molecule has 67 heavy (non-hydrogen) atoms. The van der Waals surface area contributed by atoms with Crippen LogP contribution in [0.3, 0.4) is 0 Å². The van der Waals surface area contributed by atoms with Gasteiger partial charge in [-0.25, -0.2) is 0 Å². The molecular formula is C61H102O6. The summed E-state index contributed by atoms with van der Waals surface area (Å²) in [7, 11) is 0. The molecule has 6 heteroatoms. The Balaban J connectivity index is 4.37. The molecule has 0 rings (SSSR count). The topological polar surface area (TPSA) is 78.9 Å². The molecule has 0 amide bonds. The zero-order chi connectivity index (χ0) is 48.6. The molecule has 0 fully saturated rings. The molecule has 1 atom stereocenters. The van der Waals surface area contributed by atoms with Crippen LogP contribution >= 0.6 is 0 Å². The second-order valence-corrected chi connectivity index (χ2v) is 18.1. The monoisotopic (exact) mass is 931 g/mol. The van der Waals surface area contributed by atoms with E-state index in [1.807, 2.05) is 0 Å². The number of esters is 3. The molecule has 1 unspecified atom stereocenters. The lowest BCUT2D eigenvalue weighted by atomic mass is 10.1. The fraction of sp³-hybridized carbons (Fsp3) is 0.689. The summed E-state index contributed by atoms with van der Waals surface area (Å²) in [6.07, 6.45) is 72.5. The highest BCUT2D eigenvalue weighted by atomic mass is 16.6. The molecule has 0 aromatic rings. The maximum atomic E-state index is 12.8. The third kappa shape index (κ3) is 53.2. The Labute approximate surface area is 413 Å². The van der Waals surface area contributed by atoms with Crippen molar-refractivity contribution in [3.05, 3.63) is 97.2 Å². The van der Waals surface area contributed by atoms with E-state index in [0.29, 0.717) is 19.3 Å². The first kappa shape index (κ1) is 63.3. The van der Waals surface area contributed by atoms with E-state index in [-0.39, 0.29) is 31.1 Å². The van der Waals surface area contributed by atoms with Gasteiger partial charge in [-0.1, -0.05) is 214 Å². The highest BCUT2D eigenvalue weighted by Gasteiger charge is 2.19. The lowest BCUT2D eigenvalue weighted by molar-refractivity contribution is -0.167. The van der Waals surface area contributed by atoms with Gasteiger partial charge in [0.1, 0.15) is 13.2 Å². The number of rotatable bonds is 49.